The Morgan fingerprint density at radius 1 is 0.708 bits per heavy atom. The summed E-state index contributed by atoms with van der Waals surface area (Å²) < 4.78 is 5.72. The van der Waals surface area contributed by atoms with E-state index in [-0.39, 0.29) is 0 Å². The molecule has 0 spiro atoms. The van der Waals surface area contributed by atoms with Gasteiger partial charge in [0.1, 0.15) is 0 Å². The van der Waals surface area contributed by atoms with Crippen molar-refractivity contribution in [3.05, 3.63) is 68.8 Å². The molecule has 0 saturated heterocycles. The van der Waals surface area contributed by atoms with Crippen molar-refractivity contribution in [1.29, 1.82) is 0 Å². The van der Waals surface area contributed by atoms with E-state index in [1.54, 1.807) is 7.11 Å². The van der Waals surface area contributed by atoms with Crippen LogP contribution in [-0.4, -0.2) is 12.0 Å². The Morgan fingerprint density at radius 3 is 1.25 bits per heavy atom. The minimum atomic E-state index is -2.87. The Balaban J connectivity index is 2.37. The third-order valence-electron chi connectivity index (χ3n) is 4.97. The van der Waals surface area contributed by atoms with E-state index in [4.69, 9.17) is 4.52 Å². The molecular formula is C21H31O2P. The Labute approximate surface area is 147 Å². The molecule has 24 heavy (non-hydrogen) atoms. The van der Waals surface area contributed by atoms with Gasteiger partial charge in [0.15, 0.2) is 0 Å². The maximum absolute atomic E-state index is 11.3. The SMILES string of the molecule is CO[PH](O)(Cc1c(C)cc(C)cc1C)Cc1c(C)cc(C)cc1C. The second-order valence-corrected chi connectivity index (χ2v) is 10.3. The standard InChI is InChI=1S/C21H31O2P/c1-14-8-16(3)20(17(4)9-14)12-24(22,23-7)13-21-18(5)10-15(2)11-19(21)6/h8-11,22,24H,12-13H2,1-7H3. The van der Waals surface area contributed by atoms with Crippen LogP contribution in [0.1, 0.15) is 44.5 Å². The predicted octanol–water partition coefficient (Wildman–Crippen LogP) is 5.46. The molecule has 2 nitrogen and oxygen atoms in total. The summed E-state index contributed by atoms with van der Waals surface area (Å²) in [6.07, 6.45) is 1.27. The molecule has 0 aliphatic heterocycles. The number of benzene rings is 2. The summed E-state index contributed by atoms with van der Waals surface area (Å²) in [6, 6.07) is 8.76. The Kier molecular flexibility index (Phi) is 5.86. The molecule has 2 aromatic rings. The normalized spacial score (nSPS) is 12.5. The Morgan fingerprint density at radius 2 is 1.00 bits per heavy atom. The van der Waals surface area contributed by atoms with Crippen LogP contribution in [-0.2, 0) is 16.8 Å². The first-order valence-electron chi connectivity index (χ1n) is 8.56. The van der Waals surface area contributed by atoms with Gasteiger partial charge >= 0.3 is 147 Å². The van der Waals surface area contributed by atoms with Crippen molar-refractivity contribution in [2.45, 2.75) is 53.9 Å². The topological polar surface area (TPSA) is 29.5 Å². The van der Waals surface area contributed by atoms with Crippen molar-refractivity contribution in [2.24, 2.45) is 0 Å². The van der Waals surface area contributed by atoms with Crippen LogP contribution in [0.5, 0.6) is 0 Å². The van der Waals surface area contributed by atoms with Crippen LogP contribution in [0.25, 0.3) is 0 Å². The van der Waals surface area contributed by atoms with Crippen LogP contribution >= 0.6 is 7.72 Å². The van der Waals surface area contributed by atoms with Crippen LogP contribution in [0.4, 0.5) is 0 Å². The first kappa shape index (κ1) is 19.1. The molecule has 0 bridgehead atoms. The van der Waals surface area contributed by atoms with Crippen molar-refractivity contribution in [3.63, 3.8) is 0 Å². The number of hydrogen-bond donors (Lipinski definition) is 1. The summed E-state index contributed by atoms with van der Waals surface area (Å²) in [5.41, 5.74) is 9.97. The summed E-state index contributed by atoms with van der Waals surface area (Å²) >= 11 is 0. The van der Waals surface area contributed by atoms with Gasteiger partial charge in [-0.1, -0.05) is 0 Å². The third kappa shape index (κ3) is 4.25. The Bertz CT molecular complexity index is 644. The zero-order chi connectivity index (χ0) is 18.1. The van der Waals surface area contributed by atoms with Crippen LogP contribution in [0, 0.1) is 41.5 Å². The molecule has 2 rings (SSSR count). The zero-order valence-electron chi connectivity index (χ0n) is 16.1. The molecule has 0 atom stereocenters. The summed E-state index contributed by atoms with van der Waals surface area (Å²) in [4.78, 5) is 11.3. The van der Waals surface area contributed by atoms with Crippen LogP contribution < -0.4 is 0 Å². The van der Waals surface area contributed by atoms with Gasteiger partial charge in [0, 0.05) is 0 Å². The molecule has 0 aliphatic carbocycles. The summed E-state index contributed by atoms with van der Waals surface area (Å²) in [5.74, 6) is 0. The molecule has 0 heterocycles. The van der Waals surface area contributed by atoms with Gasteiger partial charge in [-0.25, -0.2) is 0 Å². The number of rotatable bonds is 5. The van der Waals surface area contributed by atoms with E-state index in [2.05, 4.69) is 65.8 Å². The van der Waals surface area contributed by atoms with Gasteiger partial charge in [-0.3, -0.25) is 0 Å². The van der Waals surface area contributed by atoms with Gasteiger partial charge in [-0.2, -0.15) is 0 Å². The van der Waals surface area contributed by atoms with Gasteiger partial charge in [-0.15, -0.1) is 0 Å². The Hall–Kier alpha value is -1.21. The molecule has 0 aromatic heterocycles. The fraction of sp³-hybridized carbons (Fsp3) is 0.429. The van der Waals surface area contributed by atoms with Crippen LogP contribution in [0.15, 0.2) is 24.3 Å². The van der Waals surface area contributed by atoms with Gasteiger partial charge in [-0.05, 0) is 0 Å². The number of hydrogen-bond acceptors (Lipinski definition) is 2. The molecule has 0 fully saturated rings. The molecule has 0 amide bonds. The second kappa shape index (κ2) is 7.35. The van der Waals surface area contributed by atoms with Crippen LogP contribution in [0.2, 0.25) is 0 Å². The summed E-state index contributed by atoms with van der Waals surface area (Å²) in [7, 11) is -1.21. The van der Waals surface area contributed by atoms with E-state index in [0.29, 0.717) is 12.3 Å². The van der Waals surface area contributed by atoms with Gasteiger partial charge in [0.25, 0.3) is 0 Å². The van der Waals surface area contributed by atoms with Gasteiger partial charge in [0.05, 0.1) is 0 Å². The predicted molar refractivity (Wildman–Crippen MR) is 106 cm³/mol. The van der Waals surface area contributed by atoms with Crippen molar-refractivity contribution in [1.82, 2.24) is 0 Å². The van der Waals surface area contributed by atoms with Gasteiger partial charge in [0.2, 0.25) is 0 Å². The average molecular weight is 346 g/mol. The molecular weight excluding hydrogens is 315 g/mol. The molecule has 0 unspecified atom stereocenters. The molecule has 0 aliphatic rings. The van der Waals surface area contributed by atoms with E-state index >= 15 is 0 Å². The monoisotopic (exact) mass is 346 g/mol. The molecule has 1 N–H and O–H groups in total. The second-order valence-electron chi connectivity index (χ2n) is 7.26. The van der Waals surface area contributed by atoms with Crippen LogP contribution in [0.3, 0.4) is 0 Å². The van der Waals surface area contributed by atoms with E-state index in [0.717, 1.165) is 0 Å². The van der Waals surface area contributed by atoms with Gasteiger partial charge < -0.3 is 0 Å². The minimum absolute atomic E-state index is 0.633. The van der Waals surface area contributed by atoms with Crippen molar-refractivity contribution in [3.8, 4) is 0 Å². The zero-order valence-corrected chi connectivity index (χ0v) is 17.1. The van der Waals surface area contributed by atoms with E-state index < -0.39 is 7.72 Å². The summed E-state index contributed by atoms with van der Waals surface area (Å²) in [5, 5.41) is 0. The quantitative estimate of drug-likeness (QED) is 0.729. The molecule has 0 radical (unpaired) electrons. The average Bonchev–Trinajstić information content (AvgIpc) is 2.47. The van der Waals surface area contributed by atoms with E-state index in [1.165, 1.54) is 44.5 Å². The third-order valence-corrected chi connectivity index (χ3v) is 7.54. The first-order chi connectivity index (χ1) is 11.1. The van der Waals surface area contributed by atoms with Crippen molar-refractivity contribution in [2.75, 3.05) is 7.11 Å². The first-order valence-corrected chi connectivity index (χ1v) is 10.8. The maximum atomic E-state index is 11.3. The molecule has 0 saturated carbocycles. The van der Waals surface area contributed by atoms with E-state index in [9.17, 15) is 4.89 Å². The summed E-state index contributed by atoms with van der Waals surface area (Å²) in [6.45, 7) is 12.7. The fourth-order valence-electron chi connectivity index (χ4n) is 3.74. The van der Waals surface area contributed by atoms with Crippen molar-refractivity contribution < 1.29 is 9.42 Å². The number of aryl methyl sites for hydroxylation is 6. The fourth-order valence-corrected chi connectivity index (χ4v) is 6.37. The van der Waals surface area contributed by atoms with Crippen molar-refractivity contribution >= 4 is 7.72 Å². The van der Waals surface area contributed by atoms with E-state index in [1.807, 2.05) is 0 Å². The molecule has 2 aromatic carbocycles. The molecule has 3 heteroatoms. The molecule has 132 valence electrons.